The van der Waals surface area contributed by atoms with E-state index >= 15 is 0 Å². The van der Waals surface area contributed by atoms with E-state index in [4.69, 9.17) is 23.2 Å². The average Bonchev–Trinajstić information content (AvgIpc) is 2.84. The number of hydrogen-bond donors (Lipinski definition) is 0. The smallest absolute Gasteiger partial charge is 0.145 e. The highest BCUT2D eigenvalue weighted by Crippen LogP contribution is 2.32. The van der Waals surface area contributed by atoms with Gasteiger partial charge in [0, 0.05) is 23.5 Å². The van der Waals surface area contributed by atoms with E-state index in [1.807, 2.05) is 0 Å². The van der Waals surface area contributed by atoms with Crippen LogP contribution in [-0.4, -0.2) is 9.97 Å². The van der Waals surface area contributed by atoms with Gasteiger partial charge in [-0.3, -0.25) is 0 Å². The van der Waals surface area contributed by atoms with Gasteiger partial charge in [-0.1, -0.05) is 35.3 Å². The van der Waals surface area contributed by atoms with E-state index in [9.17, 15) is 4.39 Å². The van der Waals surface area contributed by atoms with Gasteiger partial charge >= 0.3 is 0 Å². The molecule has 19 heavy (non-hydrogen) atoms. The van der Waals surface area contributed by atoms with E-state index in [2.05, 4.69) is 9.97 Å². The summed E-state index contributed by atoms with van der Waals surface area (Å²) in [5, 5.41) is 0.591. The lowest BCUT2D eigenvalue weighted by Crippen LogP contribution is -2.03. The highest BCUT2D eigenvalue weighted by atomic mass is 35.5. The number of fused-ring (bicyclic) bond motifs is 1. The van der Waals surface area contributed by atoms with Crippen molar-refractivity contribution in [3.8, 4) is 0 Å². The average molecular weight is 315 g/mol. The Morgan fingerprint density at radius 2 is 2.05 bits per heavy atom. The van der Waals surface area contributed by atoms with Crippen LogP contribution in [0.2, 0.25) is 10.2 Å². The molecule has 0 amide bonds. The molecule has 0 N–H and O–H groups in total. The second kappa shape index (κ2) is 5.27. The second-order valence-electron chi connectivity index (χ2n) is 4.24. The summed E-state index contributed by atoms with van der Waals surface area (Å²) >= 11 is 13.6. The van der Waals surface area contributed by atoms with Gasteiger partial charge in [-0.25, -0.2) is 14.4 Å². The molecule has 0 spiro atoms. The highest BCUT2D eigenvalue weighted by Gasteiger charge is 2.19. The van der Waals surface area contributed by atoms with E-state index in [1.54, 1.807) is 23.9 Å². The molecule has 6 heteroatoms. The van der Waals surface area contributed by atoms with E-state index in [1.165, 1.54) is 6.07 Å². The first-order chi connectivity index (χ1) is 9.15. The Morgan fingerprint density at radius 1 is 1.21 bits per heavy atom. The van der Waals surface area contributed by atoms with Crippen molar-refractivity contribution < 1.29 is 4.39 Å². The third-order valence-corrected chi connectivity index (χ3v) is 4.53. The zero-order valence-corrected chi connectivity index (χ0v) is 12.1. The number of nitrogens with zero attached hydrogens (tertiary/aromatic N) is 2. The largest absolute Gasteiger partial charge is 0.236 e. The van der Waals surface area contributed by atoms with Gasteiger partial charge in [-0.15, -0.1) is 0 Å². The molecule has 1 aromatic carbocycles. The van der Waals surface area contributed by atoms with Crippen molar-refractivity contribution >= 4 is 35.0 Å². The first kappa shape index (κ1) is 13.2. The monoisotopic (exact) mass is 314 g/mol. The molecular weight excluding hydrogens is 306 g/mol. The van der Waals surface area contributed by atoms with E-state index < -0.39 is 5.82 Å². The molecule has 98 valence electrons. The maximum Gasteiger partial charge on any atom is 0.145 e. The standard InChI is InChI=1S/C13H9Cl2FN2S/c14-9-3-1-2-7(12(9)16)4-11-17-10-6-19-5-8(10)13(15)18-11/h1-3H,4-6H2. The normalized spacial score (nSPS) is 13.6. The van der Waals surface area contributed by atoms with Crippen molar-refractivity contribution in [1.82, 2.24) is 9.97 Å². The van der Waals surface area contributed by atoms with Gasteiger partial charge in [0.2, 0.25) is 0 Å². The van der Waals surface area contributed by atoms with Gasteiger partial charge in [-0.05, 0) is 11.6 Å². The Balaban J connectivity index is 1.96. The van der Waals surface area contributed by atoms with E-state index in [0.717, 1.165) is 22.8 Å². The summed E-state index contributed by atoms with van der Waals surface area (Å²) in [5.74, 6) is 1.80. The zero-order chi connectivity index (χ0) is 13.4. The molecule has 1 aromatic heterocycles. The fourth-order valence-electron chi connectivity index (χ4n) is 1.99. The Labute approximate surface area is 124 Å². The number of benzene rings is 1. The van der Waals surface area contributed by atoms with Crippen molar-refractivity contribution in [3.05, 3.63) is 56.8 Å². The van der Waals surface area contributed by atoms with Crippen LogP contribution in [-0.2, 0) is 17.9 Å². The molecule has 0 fully saturated rings. The summed E-state index contributed by atoms with van der Waals surface area (Å²) in [6, 6.07) is 4.92. The molecule has 2 nitrogen and oxygen atoms in total. The molecular formula is C13H9Cl2FN2S. The third-order valence-electron chi connectivity index (χ3n) is 2.95. The van der Waals surface area contributed by atoms with Crippen LogP contribution in [0.3, 0.4) is 0 Å². The Kier molecular flexibility index (Phi) is 3.65. The minimum Gasteiger partial charge on any atom is -0.236 e. The number of thioether (sulfide) groups is 1. The SMILES string of the molecule is Fc1c(Cl)cccc1Cc1nc(Cl)c2c(n1)CSC2. The summed E-state index contributed by atoms with van der Waals surface area (Å²) in [6.07, 6.45) is 0.296. The quantitative estimate of drug-likeness (QED) is 0.775. The number of aromatic nitrogens is 2. The number of hydrogen-bond acceptors (Lipinski definition) is 3. The molecule has 0 saturated carbocycles. The molecule has 0 aliphatic carbocycles. The first-order valence-corrected chi connectivity index (χ1v) is 7.61. The van der Waals surface area contributed by atoms with Crippen LogP contribution in [0.5, 0.6) is 0 Å². The molecule has 0 atom stereocenters. The van der Waals surface area contributed by atoms with Gasteiger partial charge < -0.3 is 0 Å². The van der Waals surface area contributed by atoms with Gasteiger partial charge in [0.1, 0.15) is 16.8 Å². The number of rotatable bonds is 2. The summed E-state index contributed by atoms with van der Waals surface area (Å²) in [7, 11) is 0. The van der Waals surface area contributed by atoms with Gasteiger partial charge in [0.05, 0.1) is 10.7 Å². The lowest BCUT2D eigenvalue weighted by Gasteiger charge is -2.06. The van der Waals surface area contributed by atoms with Gasteiger partial charge in [0.25, 0.3) is 0 Å². The van der Waals surface area contributed by atoms with Crippen LogP contribution in [0.1, 0.15) is 22.6 Å². The molecule has 0 unspecified atom stereocenters. The molecule has 0 saturated heterocycles. The van der Waals surface area contributed by atoms with Crippen molar-refractivity contribution in [3.63, 3.8) is 0 Å². The van der Waals surface area contributed by atoms with Crippen molar-refractivity contribution in [1.29, 1.82) is 0 Å². The molecule has 0 radical (unpaired) electrons. The topological polar surface area (TPSA) is 25.8 Å². The maximum atomic E-state index is 13.8. The Morgan fingerprint density at radius 3 is 2.89 bits per heavy atom. The van der Waals surface area contributed by atoms with Crippen molar-refractivity contribution in [2.45, 2.75) is 17.9 Å². The molecule has 1 aliphatic heterocycles. The highest BCUT2D eigenvalue weighted by molar-refractivity contribution is 7.98. The van der Waals surface area contributed by atoms with Crippen LogP contribution in [0.15, 0.2) is 18.2 Å². The first-order valence-electron chi connectivity index (χ1n) is 5.70. The van der Waals surface area contributed by atoms with Crippen LogP contribution < -0.4 is 0 Å². The third kappa shape index (κ3) is 2.57. The lowest BCUT2D eigenvalue weighted by atomic mass is 10.1. The Bertz CT molecular complexity index is 649. The fourth-order valence-corrected chi connectivity index (χ4v) is 3.58. The minimum absolute atomic E-state index is 0.111. The number of halogens is 3. The Hall–Kier alpha value is -0.840. The molecule has 3 rings (SSSR count). The van der Waals surface area contributed by atoms with Crippen molar-refractivity contribution in [2.24, 2.45) is 0 Å². The van der Waals surface area contributed by atoms with Crippen LogP contribution in [0.25, 0.3) is 0 Å². The zero-order valence-electron chi connectivity index (χ0n) is 9.79. The lowest BCUT2D eigenvalue weighted by molar-refractivity contribution is 0.612. The van der Waals surface area contributed by atoms with Gasteiger partial charge in [-0.2, -0.15) is 11.8 Å². The summed E-state index contributed by atoms with van der Waals surface area (Å²) in [6.45, 7) is 0. The van der Waals surface area contributed by atoms with Gasteiger partial charge in [0.15, 0.2) is 0 Å². The summed E-state index contributed by atoms with van der Waals surface area (Å²) in [5.41, 5.74) is 2.44. The maximum absolute atomic E-state index is 13.8. The predicted octanol–water partition coefficient (Wildman–Crippen LogP) is 4.26. The predicted molar refractivity (Wildman–Crippen MR) is 76.3 cm³/mol. The molecule has 1 aliphatic rings. The van der Waals surface area contributed by atoms with E-state index in [0.29, 0.717) is 23.0 Å². The van der Waals surface area contributed by atoms with Crippen molar-refractivity contribution in [2.75, 3.05) is 0 Å². The van der Waals surface area contributed by atoms with Crippen LogP contribution in [0, 0.1) is 5.82 Å². The summed E-state index contributed by atoms with van der Waals surface area (Å²) in [4.78, 5) is 8.70. The minimum atomic E-state index is -0.418. The molecule has 2 aromatic rings. The van der Waals surface area contributed by atoms with Crippen LogP contribution >= 0.6 is 35.0 Å². The summed E-state index contributed by atoms with van der Waals surface area (Å²) < 4.78 is 13.8. The fraction of sp³-hybridized carbons (Fsp3) is 0.231. The molecule has 2 heterocycles. The molecule has 0 bridgehead atoms. The van der Waals surface area contributed by atoms with Crippen LogP contribution in [0.4, 0.5) is 4.39 Å². The second-order valence-corrected chi connectivity index (χ2v) is 5.99. The van der Waals surface area contributed by atoms with E-state index in [-0.39, 0.29) is 5.02 Å².